The molecule has 2 unspecified atom stereocenters. The van der Waals surface area contributed by atoms with E-state index in [2.05, 4.69) is 41.5 Å². The molecule has 0 aliphatic rings. The number of aliphatic hydroxyl groups excluding tert-OH is 1. The van der Waals surface area contributed by atoms with Crippen LogP contribution in [0, 0.1) is 11.8 Å². The first kappa shape index (κ1) is 88.1. The van der Waals surface area contributed by atoms with Gasteiger partial charge in [-0.1, -0.05) is 311 Å². The smallest absolute Gasteiger partial charge is 0.462 e. The first-order valence-corrected chi connectivity index (χ1v) is 40.0. The van der Waals surface area contributed by atoms with Crippen LogP contribution in [0.15, 0.2) is 0 Å². The quantitative estimate of drug-likeness (QED) is 0.0222. The number of hydrogen-bond donors (Lipinski definition) is 3. The lowest BCUT2D eigenvalue weighted by Crippen LogP contribution is -2.30. The molecule has 0 rings (SSSR count). The van der Waals surface area contributed by atoms with Crippen LogP contribution in [0.4, 0.5) is 0 Å². The molecule has 0 heterocycles. The first-order valence-electron chi connectivity index (χ1n) is 37.0. The number of carbonyl (C=O) groups is 4. The van der Waals surface area contributed by atoms with Crippen molar-refractivity contribution in [3.63, 3.8) is 0 Å². The summed E-state index contributed by atoms with van der Waals surface area (Å²) in [7, 11) is -9.90. The van der Waals surface area contributed by atoms with E-state index >= 15 is 0 Å². The molecule has 0 fully saturated rings. The van der Waals surface area contributed by atoms with Gasteiger partial charge in [-0.3, -0.25) is 37.3 Å². The molecule has 534 valence electrons. The second-order valence-electron chi connectivity index (χ2n) is 26.6. The van der Waals surface area contributed by atoms with Gasteiger partial charge >= 0.3 is 39.5 Å². The Kier molecular flexibility index (Phi) is 61.8. The molecule has 90 heavy (non-hydrogen) atoms. The number of phosphoric acid groups is 2. The van der Waals surface area contributed by atoms with Gasteiger partial charge in [-0.2, -0.15) is 0 Å². The third-order valence-electron chi connectivity index (χ3n) is 16.5. The van der Waals surface area contributed by atoms with Crippen molar-refractivity contribution in [3.8, 4) is 0 Å². The van der Waals surface area contributed by atoms with Gasteiger partial charge in [-0.15, -0.1) is 0 Å². The zero-order chi connectivity index (χ0) is 66.5. The highest BCUT2D eigenvalue weighted by Crippen LogP contribution is 2.45. The summed E-state index contributed by atoms with van der Waals surface area (Å²) in [5, 5.41) is 10.6. The van der Waals surface area contributed by atoms with Gasteiger partial charge < -0.3 is 33.8 Å². The number of esters is 4. The second kappa shape index (κ2) is 63.1. The minimum atomic E-state index is -4.95. The molecule has 0 bridgehead atoms. The predicted octanol–water partition coefficient (Wildman–Crippen LogP) is 20.4. The van der Waals surface area contributed by atoms with Crippen LogP contribution >= 0.6 is 15.6 Å². The summed E-state index contributed by atoms with van der Waals surface area (Å²) >= 11 is 0. The first-order chi connectivity index (χ1) is 43.4. The maximum atomic E-state index is 13.0. The summed E-state index contributed by atoms with van der Waals surface area (Å²) in [5.41, 5.74) is 0. The summed E-state index contributed by atoms with van der Waals surface area (Å²) in [5.74, 6) is -0.547. The number of carbonyl (C=O) groups excluding carboxylic acids is 4. The Bertz CT molecular complexity index is 1750. The molecular weight excluding hydrogens is 1190 g/mol. The standard InChI is InChI=1S/C71H138O17P2/c1-7-9-11-13-15-27-35-41-47-53-68(73)81-59-66(87-70(75)55-49-43-37-28-16-14-12-10-8-2)61-85-89(77,78)83-57-65(72)58-84-90(79,80)86-62-67(88-71(76)56-50-44-38-32-26-22-18-20-24-30-34-40-46-52-64(5)6)60-82-69(74)54-48-42-36-31-25-21-17-19-23-29-33-39-45-51-63(3)4/h63-67,72H,7-62H2,1-6H3,(H,77,78)(H,79,80)/t65-,66+,67+/m0/s1. The van der Waals surface area contributed by atoms with Gasteiger partial charge in [0.05, 0.1) is 26.4 Å². The van der Waals surface area contributed by atoms with Crippen LogP contribution in [-0.4, -0.2) is 96.7 Å². The third-order valence-corrected chi connectivity index (χ3v) is 18.4. The van der Waals surface area contributed by atoms with E-state index in [-0.39, 0.29) is 25.7 Å². The Morgan fingerprint density at radius 1 is 0.300 bits per heavy atom. The number of aliphatic hydroxyl groups is 1. The zero-order valence-corrected chi connectivity index (χ0v) is 60.2. The lowest BCUT2D eigenvalue weighted by atomic mass is 10.0. The minimum Gasteiger partial charge on any atom is -0.462 e. The fourth-order valence-corrected chi connectivity index (χ4v) is 12.3. The van der Waals surface area contributed by atoms with E-state index in [9.17, 15) is 43.2 Å². The van der Waals surface area contributed by atoms with E-state index in [4.69, 9.17) is 37.0 Å². The largest absolute Gasteiger partial charge is 0.472 e. The molecule has 0 aliphatic carbocycles. The average molecular weight is 1330 g/mol. The van der Waals surface area contributed by atoms with Crippen LogP contribution in [0.1, 0.15) is 363 Å². The fraction of sp³-hybridized carbons (Fsp3) is 0.944. The molecule has 19 heteroatoms. The number of hydrogen-bond acceptors (Lipinski definition) is 15. The minimum absolute atomic E-state index is 0.106. The number of phosphoric ester groups is 2. The summed E-state index contributed by atoms with van der Waals surface area (Å²) < 4.78 is 68.2. The van der Waals surface area contributed by atoms with Crippen LogP contribution in [0.25, 0.3) is 0 Å². The summed E-state index contributed by atoms with van der Waals surface area (Å²) in [6, 6.07) is 0. The summed E-state index contributed by atoms with van der Waals surface area (Å²) in [4.78, 5) is 72.5. The van der Waals surface area contributed by atoms with E-state index < -0.39 is 97.5 Å². The Labute approximate surface area is 549 Å². The van der Waals surface area contributed by atoms with Gasteiger partial charge in [0.1, 0.15) is 19.3 Å². The molecule has 0 radical (unpaired) electrons. The molecule has 0 aliphatic heterocycles. The van der Waals surface area contributed by atoms with Gasteiger partial charge in [0.15, 0.2) is 12.2 Å². The molecular formula is C71H138O17P2. The van der Waals surface area contributed by atoms with Crippen molar-refractivity contribution >= 4 is 39.5 Å². The van der Waals surface area contributed by atoms with Gasteiger partial charge in [0.25, 0.3) is 0 Å². The highest BCUT2D eigenvalue weighted by atomic mass is 31.2. The topological polar surface area (TPSA) is 237 Å². The molecule has 0 saturated carbocycles. The van der Waals surface area contributed by atoms with Crippen molar-refractivity contribution in [1.29, 1.82) is 0 Å². The van der Waals surface area contributed by atoms with Crippen molar-refractivity contribution in [3.05, 3.63) is 0 Å². The molecule has 0 aromatic carbocycles. The van der Waals surface area contributed by atoms with E-state index in [1.54, 1.807) is 0 Å². The number of rotatable bonds is 70. The lowest BCUT2D eigenvalue weighted by Gasteiger charge is -2.21. The van der Waals surface area contributed by atoms with E-state index in [0.29, 0.717) is 25.7 Å². The maximum Gasteiger partial charge on any atom is 0.472 e. The van der Waals surface area contributed by atoms with Crippen LogP contribution < -0.4 is 0 Å². The highest BCUT2D eigenvalue weighted by molar-refractivity contribution is 7.47. The van der Waals surface area contributed by atoms with Gasteiger partial charge in [-0.25, -0.2) is 9.13 Å². The average Bonchev–Trinajstić information content (AvgIpc) is 3.53. The van der Waals surface area contributed by atoms with Crippen LogP contribution in [0.5, 0.6) is 0 Å². The maximum absolute atomic E-state index is 13.0. The Morgan fingerprint density at radius 3 is 0.756 bits per heavy atom. The Balaban J connectivity index is 5.21. The Hall–Kier alpha value is -1.94. The third kappa shape index (κ3) is 64.8. The monoisotopic (exact) mass is 1320 g/mol. The van der Waals surface area contributed by atoms with Crippen molar-refractivity contribution in [1.82, 2.24) is 0 Å². The van der Waals surface area contributed by atoms with Crippen LogP contribution in [0.3, 0.4) is 0 Å². The van der Waals surface area contributed by atoms with Crippen molar-refractivity contribution in [2.45, 2.75) is 381 Å². The lowest BCUT2D eigenvalue weighted by molar-refractivity contribution is -0.161. The van der Waals surface area contributed by atoms with E-state index in [1.807, 2.05) is 0 Å². The molecule has 0 aromatic rings. The van der Waals surface area contributed by atoms with Crippen molar-refractivity contribution < 1.29 is 80.2 Å². The second-order valence-corrected chi connectivity index (χ2v) is 29.5. The highest BCUT2D eigenvalue weighted by Gasteiger charge is 2.30. The van der Waals surface area contributed by atoms with E-state index in [0.717, 1.165) is 102 Å². The molecule has 0 saturated heterocycles. The predicted molar refractivity (Wildman–Crippen MR) is 363 cm³/mol. The van der Waals surface area contributed by atoms with Crippen LogP contribution in [0.2, 0.25) is 0 Å². The fourth-order valence-electron chi connectivity index (χ4n) is 10.8. The van der Waals surface area contributed by atoms with E-state index in [1.165, 1.54) is 180 Å². The van der Waals surface area contributed by atoms with Gasteiger partial charge in [-0.05, 0) is 37.5 Å². The van der Waals surface area contributed by atoms with Gasteiger partial charge in [0.2, 0.25) is 0 Å². The SMILES string of the molecule is CCCCCCCCCCCC(=O)OC[C@H](COP(=O)(O)OC[C@H](O)COP(=O)(O)OC[C@@H](COC(=O)CCCCCCCCCCCCCCCC(C)C)OC(=O)CCCCCCCCCCCCCCCC(C)C)OC(=O)CCCCCCCCCCC. The van der Waals surface area contributed by atoms with Crippen molar-refractivity contribution in [2.24, 2.45) is 11.8 Å². The molecule has 0 spiro atoms. The molecule has 0 aromatic heterocycles. The molecule has 5 atom stereocenters. The van der Waals surface area contributed by atoms with Crippen LogP contribution in [-0.2, 0) is 65.4 Å². The summed E-state index contributed by atoms with van der Waals surface area (Å²) in [6.45, 7) is 9.56. The van der Waals surface area contributed by atoms with Crippen molar-refractivity contribution in [2.75, 3.05) is 39.6 Å². The number of ether oxygens (including phenoxy) is 4. The normalized spacial score (nSPS) is 14.1. The zero-order valence-electron chi connectivity index (χ0n) is 58.4. The summed E-state index contributed by atoms with van der Waals surface area (Å²) in [6.07, 6.45) is 48.5. The molecule has 17 nitrogen and oxygen atoms in total. The molecule has 0 amide bonds. The number of unbranched alkanes of at least 4 members (excludes halogenated alkanes) is 40. The van der Waals surface area contributed by atoms with Gasteiger partial charge in [0, 0.05) is 25.7 Å². The Morgan fingerprint density at radius 2 is 0.511 bits per heavy atom. The molecule has 3 N–H and O–H groups in total.